The van der Waals surface area contributed by atoms with Crippen molar-refractivity contribution in [2.45, 2.75) is 38.3 Å². The molecule has 1 aliphatic rings. The Morgan fingerprint density at radius 3 is 2.60 bits per heavy atom. The summed E-state index contributed by atoms with van der Waals surface area (Å²) in [5.41, 5.74) is 3.23. The molecule has 3 aromatic carbocycles. The van der Waals surface area contributed by atoms with Crippen LogP contribution in [0.5, 0.6) is 11.5 Å². The van der Waals surface area contributed by atoms with E-state index in [9.17, 15) is 4.79 Å². The Balaban J connectivity index is 1.32. The van der Waals surface area contributed by atoms with Crippen molar-refractivity contribution in [1.29, 1.82) is 0 Å². The molecule has 1 amide bonds. The lowest BCUT2D eigenvalue weighted by Crippen LogP contribution is -2.28. The molecular formula is C29H31N3O3. The van der Waals surface area contributed by atoms with E-state index in [4.69, 9.17) is 14.5 Å². The number of hydrogen-bond donors (Lipinski definition) is 0. The smallest absolute Gasteiger partial charge is 0.223 e. The third kappa shape index (κ3) is 4.87. The molecule has 2 heterocycles. The Bertz CT molecular complexity index is 1300. The molecule has 0 bridgehead atoms. The van der Waals surface area contributed by atoms with Crippen molar-refractivity contribution in [3.8, 4) is 11.5 Å². The summed E-state index contributed by atoms with van der Waals surface area (Å²) in [6, 6.07) is 26.1. The molecule has 6 nitrogen and oxygen atoms in total. The molecule has 0 aliphatic carbocycles. The first-order valence-corrected chi connectivity index (χ1v) is 12.2. The minimum Gasteiger partial charge on any atom is -0.497 e. The van der Waals surface area contributed by atoms with Gasteiger partial charge in [-0.2, -0.15) is 0 Å². The maximum atomic E-state index is 13.0. The van der Waals surface area contributed by atoms with Crippen LogP contribution < -0.4 is 9.47 Å². The largest absolute Gasteiger partial charge is 0.497 e. The van der Waals surface area contributed by atoms with Crippen LogP contribution in [0.15, 0.2) is 78.9 Å². The number of fused-ring (bicyclic) bond motifs is 1. The van der Waals surface area contributed by atoms with Crippen molar-refractivity contribution < 1.29 is 14.3 Å². The quantitative estimate of drug-likeness (QED) is 0.300. The Kier molecular flexibility index (Phi) is 6.70. The van der Waals surface area contributed by atoms with Crippen LogP contribution in [-0.4, -0.2) is 40.6 Å². The summed E-state index contributed by atoms with van der Waals surface area (Å²) in [4.78, 5) is 20.0. The molecule has 2 unspecified atom stereocenters. The van der Waals surface area contributed by atoms with Crippen molar-refractivity contribution in [2.75, 3.05) is 20.3 Å². The predicted octanol–water partition coefficient (Wildman–Crippen LogP) is 5.59. The van der Waals surface area contributed by atoms with E-state index < -0.39 is 0 Å². The molecule has 1 aliphatic heterocycles. The maximum Gasteiger partial charge on any atom is 0.223 e. The topological polar surface area (TPSA) is 56.6 Å². The highest BCUT2D eigenvalue weighted by molar-refractivity contribution is 5.81. The summed E-state index contributed by atoms with van der Waals surface area (Å²) >= 11 is 0. The lowest BCUT2D eigenvalue weighted by atomic mass is 10.1. The number of ether oxygens (including phenoxy) is 2. The number of benzene rings is 3. The fraction of sp³-hybridized carbons (Fsp3) is 0.310. The van der Waals surface area contributed by atoms with Gasteiger partial charge in [0.1, 0.15) is 17.3 Å². The molecule has 180 valence electrons. The normalized spacial score (nSPS) is 16.6. The number of likely N-dealkylation sites (tertiary alicyclic amines) is 1. The molecule has 4 aromatic rings. The van der Waals surface area contributed by atoms with Gasteiger partial charge in [0.15, 0.2) is 0 Å². The molecule has 0 saturated carbocycles. The zero-order valence-electron chi connectivity index (χ0n) is 20.3. The van der Waals surface area contributed by atoms with Crippen molar-refractivity contribution in [3.05, 3.63) is 90.3 Å². The van der Waals surface area contributed by atoms with E-state index in [0.717, 1.165) is 46.9 Å². The Morgan fingerprint density at radius 2 is 1.77 bits per heavy atom. The second kappa shape index (κ2) is 10.2. The number of carbonyl (C=O) groups is 1. The maximum absolute atomic E-state index is 13.0. The highest BCUT2D eigenvalue weighted by atomic mass is 16.5. The molecule has 0 radical (unpaired) electrons. The van der Waals surface area contributed by atoms with Crippen LogP contribution in [-0.2, 0) is 11.3 Å². The van der Waals surface area contributed by atoms with Crippen LogP contribution in [0, 0.1) is 0 Å². The van der Waals surface area contributed by atoms with Crippen LogP contribution in [0.1, 0.15) is 43.1 Å². The van der Waals surface area contributed by atoms with E-state index >= 15 is 0 Å². The number of rotatable bonds is 9. The number of para-hydroxylation sites is 2. The molecule has 5 rings (SSSR count). The molecule has 2 atom stereocenters. The summed E-state index contributed by atoms with van der Waals surface area (Å²) < 4.78 is 13.5. The van der Waals surface area contributed by atoms with Gasteiger partial charge in [-0.1, -0.05) is 48.5 Å². The van der Waals surface area contributed by atoms with Gasteiger partial charge in [0.05, 0.1) is 30.8 Å². The second-order valence-electron chi connectivity index (χ2n) is 9.03. The SMILES string of the molecule is COc1cccc(OCCCn2c(C3CC(=O)N(C(C)c4ccccc4)C3)nc3ccccc32)c1. The summed E-state index contributed by atoms with van der Waals surface area (Å²) in [6.45, 7) is 4.14. The molecular weight excluding hydrogens is 438 g/mol. The summed E-state index contributed by atoms with van der Waals surface area (Å²) in [5.74, 6) is 2.83. The van der Waals surface area contributed by atoms with Crippen LogP contribution in [0.4, 0.5) is 0 Å². The Morgan fingerprint density at radius 1 is 1.00 bits per heavy atom. The number of hydrogen-bond acceptors (Lipinski definition) is 4. The molecule has 1 fully saturated rings. The first-order chi connectivity index (χ1) is 17.1. The average Bonchev–Trinajstić information content (AvgIpc) is 3.47. The molecule has 0 spiro atoms. The molecule has 1 aromatic heterocycles. The fourth-order valence-corrected chi connectivity index (χ4v) is 4.93. The standard InChI is InChI=1S/C29H31N3O3/c1-21(22-10-4-3-5-11-22)32-20-23(18-28(32)33)29-30-26-14-6-7-15-27(26)31(29)16-9-17-35-25-13-8-12-24(19-25)34-2/h3-8,10-15,19,21,23H,9,16-18,20H2,1-2H3. The van der Waals surface area contributed by atoms with Gasteiger partial charge in [0.25, 0.3) is 0 Å². The lowest BCUT2D eigenvalue weighted by Gasteiger charge is -2.25. The second-order valence-corrected chi connectivity index (χ2v) is 9.03. The number of nitrogens with zero attached hydrogens (tertiary/aromatic N) is 3. The predicted molar refractivity (Wildman–Crippen MR) is 137 cm³/mol. The summed E-state index contributed by atoms with van der Waals surface area (Å²) in [7, 11) is 1.65. The highest BCUT2D eigenvalue weighted by Crippen LogP contribution is 2.35. The first-order valence-electron chi connectivity index (χ1n) is 12.2. The third-order valence-corrected chi connectivity index (χ3v) is 6.79. The van der Waals surface area contributed by atoms with Gasteiger partial charge in [-0.25, -0.2) is 4.98 Å². The van der Waals surface area contributed by atoms with Gasteiger partial charge in [-0.3, -0.25) is 4.79 Å². The van der Waals surface area contributed by atoms with Gasteiger partial charge in [-0.15, -0.1) is 0 Å². The van der Waals surface area contributed by atoms with Crippen molar-refractivity contribution in [3.63, 3.8) is 0 Å². The van der Waals surface area contributed by atoms with E-state index in [1.54, 1.807) is 7.11 Å². The zero-order valence-corrected chi connectivity index (χ0v) is 20.3. The molecule has 6 heteroatoms. The summed E-state index contributed by atoms with van der Waals surface area (Å²) in [6.07, 6.45) is 1.32. The van der Waals surface area contributed by atoms with E-state index in [-0.39, 0.29) is 17.9 Å². The Labute approximate surface area is 206 Å². The zero-order chi connectivity index (χ0) is 24.2. The van der Waals surface area contributed by atoms with Crippen molar-refractivity contribution in [2.24, 2.45) is 0 Å². The van der Waals surface area contributed by atoms with Crippen LogP contribution in [0.3, 0.4) is 0 Å². The molecule has 35 heavy (non-hydrogen) atoms. The van der Waals surface area contributed by atoms with E-state index in [0.29, 0.717) is 19.6 Å². The highest BCUT2D eigenvalue weighted by Gasteiger charge is 2.36. The van der Waals surface area contributed by atoms with E-state index in [1.807, 2.05) is 65.6 Å². The van der Waals surface area contributed by atoms with Gasteiger partial charge >= 0.3 is 0 Å². The number of imidazole rings is 1. The fourth-order valence-electron chi connectivity index (χ4n) is 4.93. The minimum absolute atomic E-state index is 0.0443. The van der Waals surface area contributed by atoms with Gasteiger partial charge < -0.3 is 18.9 Å². The van der Waals surface area contributed by atoms with Gasteiger partial charge in [0, 0.05) is 31.5 Å². The number of carbonyl (C=O) groups excluding carboxylic acids is 1. The number of methoxy groups -OCH3 is 1. The lowest BCUT2D eigenvalue weighted by molar-refractivity contribution is -0.129. The van der Waals surface area contributed by atoms with Crippen LogP contribution in [0.2, 0.25) is 0 Å². The average molecular weight is 470 g/mol. The number of amides is 1. The van der Waals surface area contributed by atoms with Crippen molar-refractivity contribution >= 4 is 16.9 Å². The number of aromatic nitrogens is 2. The monoisotopic (exact) mass is 469 g/mol. The van der Waals surface area contributed by atoms with E-state index in [1.165, 1.54) is 0 Å². The van der Waals surface area contributed by atoms with Crippen molar-refractivity contribution in [1.82, 2.24) is 14.5 Å². The van der Waals surface area contributed by atoms with Gasteiger partial charge in [-0.05, 0) is 43.2 Å². The molecule has 0 N–H and O–H groups in total. The van der Waals surface area contributed by atoms with Crippen LogP contribution >= 0.6 is 0 Å². The van der Waals surface area contributed by atoms with Gasteiger partial charge in [0.2, 0.25) is 5.91 Å². The summed E-state index contributed by atoms with van der Waals surface area (Å²) in [5, 5.41) is 0. The van der Waals surface area contributed by atoms with E-state index in [2.05, 4.69) is 29.7 Å². The Hall–Kier alpha value is -3.80. The van der Waals surface area contributed by atoms with Crippen LogP contribution in [0.25, 0.3) is 11.0 Å². The first kappa shape index (κ1) is 23.0. The third-order valence-electron chi connectivity index (χ3n) is 6.79. The number of aryl methyl sites for hydroxylation is 1. The minimum atomic E-state index is 0.0443. The molecule has 1 saturated heterocycles.